The third kappa shape index (κ3) is 5.15. The summed E-state index contributed by atoms with van der Waals surface area (Å²) in [6, 6.07) is 13.2. The van der Waals surface area contributed by atoms with Crippen molar-refractivity contribution in [3.05, 3.63) is 88.5 Å². The van der Waals surface area contributed by atoms with Gasteiger partial charge in [-0.05, 0) is 42.2 Å². The van der Waals surface area contributed by atoms with Gasteiger partial charge in [0, 0.05) is 42.0 Å². The number of carbonyl (C=O) groups is 1. The molecule has 0 radical (unpaired) electrons. The first kappa shape index (κ1) is 25.8. The molecule has 5 aromatic rings. The summed E-state index contributed by atoms with van der Waals surface area (Å²) in [5.74, 6) is -0.183. The minimum Gasteiger partial charge on any atom is -0.478 e. The van der Waals surface area contributed by atoms with Gasteiger partial charge in [0.2, 0.25) is 5.82 Å². The van der Waals surface area contributed by atoms with Crippen LogP contribution >= 0.6 is 0 Å². The smallest absolute Gasteiger partial charge is 0.339 e. The molecule has 39 heavy (non-hydrogen) atoms. The number of hydrogen-bond donors (Lipinski definition) is 2. The number of aromatic nitrogens is 8. The van der Waals surface area contributed by atoms with Gasteiger partial charge in [0.15, 0.2) is 0 Å². The van der Waals surface area contributed by atoms with Gasteiger partial charge in [0.05, 0.1) is 12.2 Å². The van der Waals surface area contributed by atoms with Gasteiger partial charge >= 0.3 is 11.7 Å². The number of carboxylic acid groups (broad SMARTS) is 1. The Kier molecular flexibility index (Phi) is 7.48. The van der Waals surface area contributed by atoms with Crippen LogP contribution in [0.1, 0.15) is 54.9 Å². The van der Waals surface area contributed by atoms with Crippen molar-refractivity contribution in [1.29, 1.82) is 0 Å². The lowest BCUT2D eigenvalue weighted by Crippen LogP contribution is -2.27. The predicted molar refractivity (Wildman–Crippen MR) is 146 cm³/mol. The number of aromatic amines is 1. The third-order valence-corrected chi connectivity index (χ3v) is 6.67. The zero-order valence-electron chi connectivity index (χ0n) is 21.9. The number of H-pyrrole nitrogens is 1. The van der Waals surface area contributed by atoms with Crippen LogP contribution in [0.4, 0.5) is 0 Å². The Balaban J connectivity index is 1.51. The molecule has 11 nitrogen and oxygen atoms in total. The SMILES string of the molecule is CCCCc1cn(-c2c(C(=O)O)ccn2CCC)c(=O)n1Cc1ccc(-c2ccccc2-c2nn[nH]n2)cn1. The first-order valence-corrected chi connectivity index (χ1v) is 13.0. The molecule has 200 valence electrons. The Labute approximate surface area is 224 Å². The van der Waals surface area contributed by atoms with E-state index < -0.39 is 5.97 Å². The maximum absolute atomic E-state index is 13.7. The van der Waals surface area contributed by atoms with Gasteiger partial charge in [0.25, 0.3) is 0 Å². The summed E-state index contributed by atoms with van der Waals surface area (Å²) >= 11 is 0. The number of aryl methyl sites for hydroxylation is 2. The largest absolute Gasteiger partial charge is 0.478 e. The number of nitrogens with zero attached hydrogens (tertiary/aromatic N) is 7. The van der Waals surface area contributed by atoms with Crippen LogP contribution in [0, 0.1) is 0 Å². The molecule has 0 fully saturated rings. The summed E-state index contributed by atoms with van der Waals surface area (Å²) < 4.78 is 4.99. The van der Waals surface area contributed by atoms with E-state index >= 15 is 0 Å². The van der Waals surface area contributed by atoms with Crippen LogP contribution in [0.3, 0.4) is 0 Å². The zero-order valence-corrected chi connectivity index (χ0v) is 21.9. The molecule has 2 N–H and O–H groups in total. The Morgan fingerprint density at radius 3 is 2.54 bits per heavy atom. The highest BCUT2D eigenvalue weighted by Crippen LogP contribution is 2.29. The molecule has 0 spiro atoms. The lowest BCUT2D eigenvalue weighted by atomic mass is 10.0. The first-order chi connectivity index (χ1) is 19.0. The summed E-state index contributed by atoms with van der Waals surface area (Å²) in [5.41, 5.74) is 4.02. The predicted octanol–water partition coefficient (Wildman–Crippen LogP) is 4.18. The van der Waals surface area contributed by atoms with Crippen LogP contribution in [-0.4, -0.2) is 50.4 Å². The fourth-order valence-corrected chi connectivity index (χ4v) is 4.77. The molecule has 0 unspecified atom stereocenters. The molecule has 0 bridgehead atoms. The van der Waals surface area contributed by atoms with Gasteiger partial charge in [-0.15, -0.1) is 10.2 Å². The number of rotatable bonds is 11. The van der Waals surface area contributed by atoms with Gasteiger partial charge in [0.1, 0.15) is 11.4 Å². The summed E-state index contributed by atoms with van der Waals surface area (Å²) in [5, 5.41) is 24.1. The van der Waals surface area contributed by atoms with Crippen molar-refractivity contribution in [3.63, 3.8) is 0 Å². The van der Waals surface area contributed by atoms with Gasteiger partial charge in [-0.25, -0.2) is 9.59 Å². The van der Waals surface area contributed by atoms with Gasteiger partial charge < -0.3 is 9.67 Å². The van der Waals surface area contributed by atoms with Crippen LogP contribution in [0.15, 0.2) is 65.8 Å². The molecule has 0 aliphatic heterocycles. The molecule has 0 saturated carbocycles. The lowest BCUT2D eigenvalue weighted by Gasteiger charge is -2.10. The van der Waals surface area contributed by atoms with E-state index in [0.29, 0.717) is 24.6 Å². The van der Waals surface area contributed by atoms with Crippen LogP contribution in [-0.2, 0) is 19.5 Å². The number of carboxylic acids is 1. The average molecular weight is 527 g/mol. The van der Waals surface area contributed by atoms with Gasteiger partial charge in [-0.3, -0.25) is 14.1 Å². The zero-order chi connectivity index (χ0) is 27.4. The molecule has 5 rings (SSSR count). The Morgan fingerprint density at radius 2 is 1.87 bits per heavy atom. The van der Waals surface area contributed by atoms with Crippen molar-refractivity contribution in [2.24, 2.45) is 0 Å². The van der Waals surface area contributed by atoms with E-state index in [0.717, 1.165) is 47.3 Å². The molecular formula is C28H30N8O3. The fraction of sp³-hybridized carbons (Fsp3) is 0.286. The number of nitrogens with one attached hydrogen (secondary N) is 1. The fourth-order valence-electron chi connectivity index (χ4n) is 4.77. The second-order valence-electron chi connectivity index (χ2n) is 9.33. The number of tetrazole rings is 1. The standard InChI is InChI=1S/C28H30N8O3/c1-3-5-8-21-18-36(26-24(27(37)38)13-15-34(26)14-4-2)28(39)35(21)17-20-12-11-19(16-29-20)22-9-6-7-10-23(22)25-30-32-33-31-25/h6-7,9-13,15-16,18H,3-5,8,14,17H2,1-2H3,(H,37,38)(H,30,31,32,33). The normalized spacial score (nSPS) is 11.2. The number of imidazole rings is 1. The van der Waals surface area contributed by atoms with E-state index in [9.17, 15) is 14.7 Å². The molecule has 11 heteroatoms. The quantitative estimate of drug-likeness (QED) is 0.263. The van der Waals surface area contributed by atoms with Crippen molar-refractivity contribution in [2.45, 2.75) is 52.6 Å². The highest BCUT2D eigenvalue weighted by molar-refractivity contribution is 5.91. The highest BCUT2D eigenvalue weighted by Gasteiger charge is 2.22. The molecule has 4 aromatic heterocycles. The van der Waals surface area contributed by atoms with Crippen LogP contribution < -0.4 is 5.69 Å². The molecule has 0 aliphatic carbocycles. The van der Waals surface area contributed by atoms with Crippen LogP contribution in [0.25, 0.3) is 28.3 Å². The molecule has 0 atom stereocenters. The van der Waals surface area contributed by atoms with E-state index in [2.05, 4.69) is 32.5 Å². The summed E-state index contributed by atoms with van der Waals surface area (Å²) in [6.45, 7) is 5.00. The maximum atomic E-state index is 13.7. The summed E-state index contributed by atoms with van der Waals surface area (Å²) in [6.07, 6.45) is 8.67. The lowest BCUT2D eigenvalue weighted by molar-refractivity contribution is 0.0697. The van der Waals surface area contributed by atoms with Crippen LogP contribution in [0.2, 0.25) is 0 Å². The number of benzene rings is 1. The van der Waals surface area contributed by atoms with Crippen LogP contribution in [0.5, 0.6) is 0 Å². The number of unbranched alkanes of at least 4 members (excludes halogenated alkanes) is 1. The van der Waals surface area contributed by atoms with E-state index in [1.165, 1.54) is 4.57 Å². The molecule has 0 aliphatic rings. The van der Waals surface area contributed by atoms with E-state index in [4.69, 9.17) is 0 Å². The molecular weight excluding hydrogens is 496 g/mol. The molecule has 0 saturated heterocycles. The van der Waals surface area contributed by atoms with E-state index in [1.54, 1.807) is 29.2 Å². The molecule has 4 heterocycles. The van der Waals surface area contributed by atoms with Crippen molar-refractivity contribution < 1.29 is 9.90 Å². The Bertz CT molecular complexity index is 1630. The maximum Gasteiger partial charge on any atom is 0.339 e. The second-order valence-corrected chi connectivity index (χ2v) is 9.33. The first-order valence-electron chi connectivity index (χ1n) is 13.0. The van der Waals surface area contributed by atoms with Crippen molar-refractivity contribution in [3.8, 4) is 28.3 Å². The Hall–Kier alpha value is -4.80. The summed E-state index contributed by atoms with van der Waals surface area (Å²) in [7, 11) is 0. The number of pyridine rings is 1. The van der Waals surface area contributed by atoms with E-state index in [-0.39, 0.29) is 17.8 Å². The summed E-state index contributed by atoms with van der Waals surface area (Å²) in [4.78, 5) is 30.4. The Morgan fingerprint density at radius 1 is 1.05 bits per heavy atom. The number of aromatic carboxylic acids is 1. The van der Waals surface area contributed by atoms with Crippen molar-refractivity contribution >= 4 is 5.97 Å². The van der Waals surface area contributed by atoms with Gasteiger partial charge in [-0.2, -0.15) is 5.21 Å². The molecule has 0 amide bonds. The third-order valence-electron chi connectivity index (χ3n) is 6.67. The monoisotopic (exact) mass is 526 g/mol. The minimum absolute atomic E-state index is 0.104. The highest BCUT2D eigenvalue weighted by atomic mass is 16.4. The average Bonchev–Trinajstić information content (AvgIpc) is 3.69. The van der Waals surface area contributed by atoms with Gasteiger partial charge in [-0.1, -0.05) is 50.6 Å². The topological polar surface area (TPSA) is 137 Å². The van der Waals surface area contributed by atoms with E-state index in [1.807, 2.05) is 47.9 Å². The number of hydrogen-bond acceptors (Lipinski definition) is 6. The van der Waals surface area contributed by atoms with Crippen molar-refractivity contribution in [2.75, 3.05) is 0 Å². The van der Waals surface area contributed by atoms with Crippen molar-refractivity contribution in [1.82, 2.24) is 39.3 Å². The second kappa shape index (κ2) is 11.3. The molecule has 1 aromatic carbocycles. The minimum atomic E-state index is -1.06.